The van der Waals surface area contributed by atoms with Crippen molar-refractivity contribution in [2.24, 2.45) is 0 Å². The molecule has 1 aliphatic rings. The third-order valence-electron chi connectivity index (χ3n) is 4.46. The summed E-state index contributed by atoms with van der Waals surface area (Å²) in [6.45, 7) is 8.45. The maximum Gasteiger partial charge on any atom is 0.256 e. The van der Waals surface area contributed by atoms with Crippen LogP contribution in [0.25, 0.3) is 0 Å². The number of carbonyl (C=O) groups excluding carboxylic acids is 1. The van der Waals surface area contributed by atoms with Gasteiger partial charge in [-0.2, -0.15) is 0 Å². The molecule has 0 spiro atoms. The van der Waals surface area contributed by atoms with E-state index in [-0.39, 0.29) is 22.7 Å². The van der Waals surface area contributed by atoms with E-state index in [0.29, 0.717) is 0 Å². The van der Waals surface area contributed by atoms with Gasteiger partial charge in [0.1, 0.15) is 5.82 Å². The standard InChI is InChI=1S/C18H27FN2O2/c1-17(2)10-14(11-18(3,4)20-17)21(5)16(23)15(22)12-7-6-8-13(19)9-12/h6-9,14-15,20,22H,10-11H2,1-5H3/t15-/m0/s1. The highest BCUT2D eigenvalue weighted by Crippen LogP contribution is 2.32. The van der Waals surface area contributed by atoms with Crippen LogP contribution in [0.15, 0.2) is 24.3 Å². The van der Waals surface area contributed by atoms with Gasteiger partial charge in [0.25, 0.3) is 5.91 Å². The van der Waals surface area contributed by atoms with E-state index >= 15 is 0 Å². The molecule has 0 bridgehead atoms. The van der Waals surface area contributed by atoms with Crippen molar-refractivity contribution in [2.75, 3.05) is 7.05 Å². The predicted octanol–water partition coefficient (Wildman–Crippen LogP) is 2.63. The van der Waals surface area contributed by atoms with E-state index in [9.17, 15) is 14.3 Å². The van der Waals surface area contributed by atoms with E-state index in [2.05, 4.69) is 33.0 Å². The number of hydrogen-bond acceptors (Lipinski definition) is 3. The molecule has 1 saturated heterocycles. The molecular formula is C18H27FN2O2. The second kappa shape index (κ2) is 6.21. The molecule has 5 heteroatoms. The molecule has 0 saturated carbocycles. The molecule has 1 atom stereocenters. The molecule has 1 heterocycles. The minimum atomic E-state index is -1.34. The van der Waals surface area contributed by atoms with Gasteiger partial charge in [0, 0.05) is 24.2 Å². The number of piperidine rings is 1. The summed E-state index contributed by atoms with van der Waals surface area (Å²) in [5, 5.41) is 13.9. The Morgan fingerprint density at radius 3 is 2.39 bits per heavy atom. The molecule has 128 valence electrons. The van der Waals surface area contributed by atoms with Crippen LogP contribution in [0.1, 0.15) is 52.2 Å². The lowest BCUT2D eigenvalue weighted by atomic mass is 9.79. The van der Waals surface area contributed by atoms with Crippen LogP contribution in [0, 0.1) is 5.82 Å². The summed E-state index contributed by atoms with van der Waals surface area (Å²) in [4.78, 5) is 14.2. The van der Waals surface area contributed by atoms with E-state index in [0.717, 1.165) is 12.8 Å². The van der Waals surface area contributed by atoms with Crippen LogP contribution in [0.5, 0.6) is 0 Å². The summed E-state index contributed by atoms with van der Waals surface area (Å²) in [6.07, 6.45) is 0.264. The number of rotatable bonds is 3. The molecule has 1 amide bonds. The van der Waals surface area contributed by atoms with Crippen molar-refractivity contribution in [1.29, 1.82) is 0 Å². The minimum absolute atomic E-state index is 0.0250. The lowest BCUT2D eigenvalue weighted by Crippen LogP contribution is -2.62. The predicted molar refractivity (Wildman–Crippen MR) is 88.4 cm³/mol. The second-order valence-electron chi connectivity index (χ2n) is 7.86. The number of aliphatic hydroxyl groups is 1. The SMILES string of the molecule is CN(C(=O)[C@@H](O)c1cccc(F)c1)C1CC(C)(C)NC(C)(C)C1. The fraction of sp³-hybridized carbons (Fsp3) is 0.611. The third kappa shape index (κ3) is 4.30. The van der Waals surface area contributed by atoms with Crippen LogP contribution in [0.3, 0.4) is 0 Å². The third-order valence-corrected chi connectivity index (χ3v) is 4.46. The molecule has 1 aromatic rings. The van der Waals surface area contributed by atoms with Crippen LogP contribution in [-0.4, -0.2) is 40.1 Å². The molecule has 4 nitrogen and oxygen atoms in total. The molecule has 1 aromatic carbocycles. The summed E-state index contributed by atoms with van der Waals surface area (Å²) in [5.74, 6) is -0.852. The Kier molecular flexibility index (Phi) is 4.83. The fourth-order valence-corrected chi connectivity index (χ4v) is 3.73. The van der Waals surface area contributed by atoms with Gasteiger partial charge in [-0.3, -0.25) is 4.79 Å². The van der Waals surface area contributed by atoms with Gasteiger partial charge in [-0.25, -0.2) is 4.39 Å². The zero-order chi connectivity index (χ0) is 17.4. The van der Waals surface area contributed by atoms with Gasteiger partial charge >= 0.3 is 0 Å². The molecule has 0 radical (unpaired) electrons. The van der Waals surface area contributed by atoms with Gasteiger partial charge in [0.2, 0.25) is 0 Å². The van der Waals surface area contributed by atoms with Crippen molar-refractivity contribution in [2.45, 2.75) is 63.8 Å². The molecule has 1 fully saturated rings. The molecule has 0 aromatic heterocycles. The van der Waals surface area contributed by atoms with Gasteiger partial charge < -0.3 is 15.3 Å². The molecule has 23 heavy (non-hydrogen) atoms. The summed E-state index contributed by atoms with van der Waals surface area (Å²) in [6, 6.07) is 5.58. The van der Waals surface area contributed by atoms with Crippen molar-refractivity contribution in [3.8, 4) is 0 Å². The zero-order valence-electron chi connectivity index (χ0n) is 14.6. The quantitative estimate of drug-likeness (QED) is 0.899. The lowest BCUT2D eigenvalue weighted by molar-refractivity contribution is -0.143. The highest BCUT2D eigenvalue weighted by atomic mass is 19.1. The molecule has 2 rings (SSSR count). The van der Waals surface area contributed by atoms with Crippen LogP contribution in [-0.2, 0) is 4.79 Å². The molecule has 1 aliphatic heterocycles. The van der Waals surface area contributed by atoms with E-state index in [4.69, 9.17) is 0 Å². The Morgan fingerprint density at radius 1 is 1.30 bits per heavy atom. The number of hydrogen-bond donors (Lipinski definition) is 2. The Morgan fingerprint density at radius 2 is 1.87 bits per heavy atom. The number of amides is 1. The largest absolute Gasteiger partial charge is 0.378 e. The van der Waals surface area contributed by atoms with Gasteiger partial charge in [-0.15, -0.1) is 0 Å². The van der Waals surface area contributed by atoms with Gasteiger partial charge in [0.15, 0.2) is 6.10 Å². The van der Waals surface area contributed by atoms with Crippen molar-refractivity contribution in [3.63, 3.8) is 0 Å². The number of benzene rings is 1. The maximum absolute atomic E-state index is 13.3. The summed E-state index contributed by atoms with van der Waals surface area (Å²) in [5.41, 5.74) is 0.101. The van der Waals surface area contributed by atoms with Gasteiger partial charge in [-0.05, 0) is 58.2 Å². The number of likely N-dealkylation sites (N-methyl/N-ethyl adjacent to an activating group) is 1. The van der Waals surface area contributed by atoms with Crippen molar-refractivity contribution < 1.29 is 14.3 Å². The summed E-state index contributed by atoms with van der Waals surface area (Å²) < 4.78 is 13.3. The molecule has 2 N–H and O–H groups in total. The first-order valence-corrected chi connectivity index (χ1v) is 8.00. The average Bonchev–Trinajstić information content (AvgIpc) is 2.41. The number of aliphatic hydroxyl groups excluding tert-OH is 1. The lowest BCUT2D eigenvalue weighted by Gasteiger charge is -2.49. The van der Waals surface area contributed by atoms with Gasteiger partial charge in [-0.1, -0.05) is 12.1 Å². The Bertz CT molecular complexity index is 570. The molecule has 0 aliphatic carbocycles. The van der Waals surface area contributed by atoms with Crippen LogP contribution < -0.4 is 5.32 Å². The Labute approximate surface area is 137 Å². The van der Waals surface area contributed by atoms with Crippen molar-refractivity contribution >= 4 is 5.91 Å². The smallest absolute Gasteiger partial charge is 0.256 e. The highest BCUT2D eigenvalue weighted by Gasteiger charge is 2.41. The van der Waals surface area contributed by atoms with Crippen molar-refractivity contribution in [1.82, 2.24) is 10.2 Å². The first-order chi connectivity index (χ1) is 10.5. The second-order valence-corrected chi connectivity index (χ2v) is 7.86. The fourth-order valence-electron chi connectivity index (χ4n) is 3.73. The zero-order valence-corrected chi connectivity index (χ0v) is 14.6. The Balaban J connectivity index is 2.15. The van der Waals surface area contributed by atoms with Crippen LogP contribution in [0.4, 0.5) is 4.39 Å². The monoisotopic (exact) mass is 322 g/mol. The minimum Gasteiger partial charge on any atom is -0.378 e. The first kappa shape index (κ1) is 17.9. The van der Waals surface area contributed by atoms with E-state index in [1.807, 2.05) is 0 Å². The summed E-state index contributed by atoms with van der Waals surface area (Å²) in [7, 11) is 1.72. The maximum atomic E-state index is 13.3. The average molecular weight is 322 g/mol. The number of carbonyl (C=O) groups is 1. The first-order valence-electron chi connectivity index (χ1n) is 8.00. The highest BCUT2D eigenvalue weighted by molar-refractivity contribution is 5.82. The molecular weight excluding hydrogens is 295 g/mol. The Hall–Kier alpha value is -1.46. The molecule has 0 unspecified atom stereocenters. The van der Waals surface area contributed by atoms with E-state index in [1.54, 1.807) is 18.0 Å². The normalized spacial score (nSPS) is 21.7. The van der Waals surface area contributed by atoms with Crippen LogP contribution in [0.2, 0.25) is 0 Å². The van der Waals surface area contributed by atoms with Crippen molar-refractivity contribution in [3.05, 3.63) is 35.6 Å². The number of nitrogens with zero attached hydrogens (tertiary/aromatic N) is 1. The van der Waals surface area contributed by atoms with Gasteiger partial charge in [0.05, 0.1) is 0 Å². The van der Waals surface area contributed by atoms with Crippen LogP contribution >= 0.6 is 0 Å². The van der Waals surface area contributed by atoms with E-state index < -0.39 is 17.8 Å². The number of halogens is 1. The van der Waals surface area contributed by atoms with E-state index in [1.165, 1.54) is 18.2 Å². The topological polar surface area (TPSA) is 52.6 Å². The number of nitrogens with one attached hydrogen (secondary N) is 1. The summed E-state index contributed by atoms with van der Waals surface area (Å²) >= 11 is 0.